The molecule has 0 aliphatic carbocycles. The molecule has 116 valence electrons. The van der Waals surface area contributed by atoms with Crippen LogP contribution in [0.1, 0.15) is 33.3 Å². The van der Waals surface area contributed by atoms with Gasteiger partial charge in [0.1, 0.15) is 0 Å². The highest BCUT2D eigenvalue weighted by atomic mass is 79.9. The van der Waals surface area contributed by atoms with Crippen LogP contribution in [0.2, 0.25) is 0 Å². The predicted octanol–water partition coefficient (Wildman–Crippen LogP) is 3.60. The fourth-order valence-corrected chi connectivity index (χ4v) is 3.02. The summed E-state index contributed by atoms with van der Waals surface area (Å²) in [6.45, 7) is 9.09. The fourth-order valence-electron chi connectivity index (χ4n) is 2.56. The Balaban J connectivity index is 1.90. The van der Waals surface area contributed by atoms with Gasteiger partial charge in [0, 0.05) is 12.1 Å². The minimum atomic E-state index is -0.347. The molecule has 2 aromatic rings. The maximum atomic E-state index is 6.18. The molecule has 0 unspecified atom stereocenters. The van der Waals surface area contributed by atoms with Crippen molar-refractivity contribution < 1.29 is 9.31 Å². The zero-order chi connectivity index (χ0) is 16.0. The maximum absolute atomic E-state index is 6.18. The first-order valence-electron chi connectivity index (χ1n) is 7.55. The average molecular weight is 362 g/mol. The highest BCUT2D eigenvalue weighted by molar-refractivity contribution is 9.10. The summed E-state index contributed by atoms with van der Waals surface area (Å²) in [6.07, 6.45) is 0. The summed E-state index contributed by atoms with van der Waals surface area (Å²) in [5, 5.41) is 0. The number of aromatic nitrogens is 1. The van der Waals surface area contributed by atoms with E-state index in [2.05, 4.69) is 78.5 Å². The highest BCUT2D eigenvalue weighted by Gasteiger charge is 2.52. The van der Waals surface area contributed by atoms with Gasteiger partial charge < -0.3 is 13.9 Å². The van der Waals surface area contributed by atoms with Crippen molar-refractivity contribution >= 4 is 28.6 Å². The van der Waals surface area contributed by atoms with Gasteiger partial charge >= 0.3 is 7.12 Å². The first-order valence-corrected chi connectivity index (χ1v) is 8.34. The minimum Gasteiger partial charge on any atom is -0.398 e. The number of rotatable bonds is 3. The van der Waals surface area contributed by atoms with E-state index in [0.717, 1.165) is 16.7 Å². The van der Waals surface area contributed by atoms with Crippen LogP contribution in [0.4, 0.5) is 0 Å². The summed E-state index contributed by atoms with van der Waals surface area (Å²) in [7, 11) is -0.347. The molecule has 0 radical (unpaired) electrons. The number of hydrogen-bond donors (Lipinski definition) is 0. The molecule has 0 bridgehead atoms. The van der Waals surface area contributed by atoms with Crippen molar-refractivity contribution in [3.8, 4) is 0 Å². The third kappa shape index (κ3) is 2.77. The Morgan fingerprint density at radius 1 is 0.955 bits per heavy atom. The molecule has 1 aliphatic heterocycles. The van der Waals surface area contributed by atoms with Crippen molar-refractivity contribution in [2.24, 2.45) is 0 Å². The van der Waals surface area contributed by atoms with Crippen LogP contribution in [0.25, 0.3) is 0 Å². The first-order chi connectivity index (χ1) is 10.3. The lowest BCUT2D eigenvalue weighted by Crippen LogP contribution is -2.41. The third-order valence-corrected chi connectivity index (χ3v) is 5.33. The molecule has 1 aliphatic rings. The molecule has 0 atom stereocenters. The van der Waals surface area contributed by atoms with Crippen molar-refractivity contribution in [1.29, 1.82) is 0 Å². The Bertz CT molecular complexity index is 651. The quantitative estimate of drug-likeness (QED) is 0.780. The molecule has 0 amide bonds. The molecule has 22 heavy (non-hydrogen) atoms. The number of halogens is 1. The molecule has 0 spiro atoms. The third-order valence-electron chi connectivity index (χ3n) is 4.64. The van der Waals surface area contributed by atoms with E-state index >= 15 is 0 Å². The molecule has 0 saturated carbocycles. The van der Waals surface area contributed by atoms with Gasteiger partial charge in [0.05, 0.1) is 15.8 Å². The van der Waals surface area contributed by atoms with Crippen LogP contribution in [0.3, 0.4) is 0 Å². The monoisotopic (exact) mass is 361 g/mol. The number of benzene rings is 1. The van der Waals surface area contributed by atoms with E-state index < -0.39 is 0 Å². The summed E-state index contributed by atoms with van der Waals surface area (Å²) in [5.41, 5.74) is 1.63. The number of hydrogen-bond acceptors (Lipinski definition) is 2. The zero-order valence-corrected chi connectivity index (χ0v) is 15.1. The molecule has 5 heteroatoms. The Labute approximate surface area is 140 Å². The fraction of sp³-hybridized carbons (Fsp3) is 0.412. The lowest BCUT2D eigenvalue weighted by Gasteiger charge is -2.32. The second-order valence-corrected chi connectivity index (χ2v) is 7.55. The van der Waals surface area contributed by atoms with Crippen LogP contribution in [0.5, 0.6) is 0 Å². The molecular weight excluding hydrogens is 341 g/mol. The summed E-state index contributed by atoms with van der Waals surface area (Å²) >= 11 is 3.63. The number of nitrogens with zero attached hydrogens (tertiary/aromatic N) is 1. The minimum absolute atomic E-state index is 0.327. The highest BCUT2D eigenvalue weighted by Crippen LogP contribution is 2.36. The van der Waals surface area contributed by atoms with E-state index in [9.17, 15) is 0 Å². The summed E-state index contributed by atoms with van der Waals surface area (Å²) in [4.78, 5) is 0. The molecule has 0 N–H and O–H groups in total. The van der Waals surface area contributed by atoms with E-state index in [1.165, 1.54) is 5.56 Å². The van der Waals surface area contributed by atoms with Crippen molar-refractivity contribution in [3.05, 3.63) is 52.6 Å². The van der Waals surface area contributed by atoms with Crippen molar-refractivity contribution in [1.82, 2.24) is 4.57 Å². The van der Waals surface area contributed by atoms with Gasteiger partial charge in [-0.05, 0) is 61.3 Å². The van der Waals surface area contributed by atoms with Crippen LogP contribution in [0, 0.1) is 0 Å². The second-order valence-electron chi connectivity index (χ2n) is 6.74. The Kier molecular flexibility index (Phi) is 4.00. The van der Waals surface area contributed by atoms with Gasteiger partial charge in [0.2, 0.25) is 0 Å². The zero-order valence-electron chi connectivity index (χ0n) is 13.5. The topological polar surface area (TPSA) is 23.4 Å². The lowest BCUT2D eigenvalue weighted by molar-refractivity contribution is 0.00578. The van der Waals surface area contributed by atoms with Gasteiger partial charge in [-0.3, -0.25) is 0 Å². The molecule has 2 heterocycles. The van der Waals surface area contributed by atoms with E-state index in [0.29, 0.717) is 0 Å². The molecule has 3 rings (SSSR count). The first kappa shape index (κ1) is 15.8. The van der Waals surface area contributed by atoms with Gasteiger partial charge in [-0.15, -0.1) is 0 Å². The van der Waals surface area contributed by atoms with Crippen molar-refractivity contribution in [2.45, 2.75) is 45.4 Å². The second kappa shape index (κ2) is 5.55. The smallest absolute Gasteiger partial charge is 0.398 e. The standard InChI is InChI=1S/C17H21BBrNO2/c1-16(2)17(3,4)22-18(21-16)14-10-11-15(19)20(14)12-13-8-6-5-7-9-13/h5-11H,12H2,1-4H3. The van der Waals surface area contributed by atoms with Crippen molar-refractivity contribution in [2.75, 3.05) is 0 Å². The Morgan fingerprint density at radius 2 is 1.55 bits per heavy atom. The van der Waals surface area contributed by atoms with Gasteiger partial charge in [0.15, 0.2) is 0 Å². The van der Waals surface area contributed by atoms with E-state index in [-0.39, 0.29) is 18.3 Å². The maximum Gasteiger partial charge on any atom is 0.512 e. The van der Waals surface area contributed by atoms with Gasteiger partial charge in [-0.2, -0.15) is 0 Å². The van der Waals surface area contributed by atoms with Gasteiger partial charge in [-0.25, -0.2) is 0 Å². The summed E-state index contributed by atoms with van der Waals surface area (Å²) < 4.78 is 15.6. The van der Waals surface area contributed by atoms with Crippen LogP contribution in [-0.4, -0.2) is 22.9 Å². The molecular formula is C17H21BBrNO2. The van der Waals surface area contributed by atoms with Crippen LogP contribution < -0.4 is 5.59 Å². The van der Waals surface area contributed by atoms with Crippen LogP contribution >= 0.6 is 15.9 Å². The van der Waals surface area contributed by atoms with E-state index in [4.69, 9.17) is 9.31 Å². The van der Waals surface area contributed by atoms with Crippen LogP contribution in [0.15, 0.2) is 47.1 Å². The molecule has 1 saturated heterocycles. The van der Waals surface area contributed by atoms with Gasteiger partial charge in [0.25, 0.3) is 0 Å². The Hall–Kier alpha value is -1.04. The average Bonchev–Trinajstić information content (AvgIpc) is 2.89. The van der Waals surface area contributed by atoms with Crippen molar-refractivity contribution in [3.63, 3.8) is 0 Å². The summed E-state index contributed by atoms with van der Waals surface area (Å²) in [5.74, 6) is 0. The summed E-state index contributed by atoms with van der Waals surface area (Å²) in [6, 6.07) is 14.5. The SMILES string of the molecule is CC1(C)OB(c2ccc(Br)n2Cc2ccccc2)OC1(C)C. The predicted molar refractivity (Wildman–Crippen MR) is 93.4 cm³/mol. The Morgan fingerprint density at radius 3 is 2.14 bits per heavy atom. The molecule has 3 nitrogen and oxygen atoms in total. The van der Waals surface area contributed by atoms with E-state index in [1.54, 1.807) is 0 Å². The molecule has 1 aromatic carbocycles. The normalized spacial score (nSPS) is 19.6. The van der Waals surface area contributed by atoms with Gasteiger partial charge in [-0.1, -0.05) is 30.3 Å². The largest absolute Gasteiger partial charge is 0.512 e. The molecule has 1 fully saturated rings. The van der Waals surface area contributed by atoms with E-state index in [1.807, 2.05) is 12.1 Å². The molecule has 1 aromatic heterocycles. The van der Waals surface area contributed by atoms with Crippen LogP contribution in [-0.2, 0) is 15.9 Å². The lowest BCUT2D eigenvalue weighted by atomic mass is 9.84.